The molecule has 11 heteroatoms. The molecule has 2 heterocycles. The molecule has 7 atom stereocenters. The van der Waals surface area contributed by atoms with Crippen molar-refractivity contribution in [3.63, 3.8) is 0 Å². The Labute approximate surface area is 241 Å². The van der Waals surface area contributed by atoms with Gasteiger partial charge in [0.25, 0.3) is 0 Å². The van der Waals surface area contributed by atoms with Crippen LogP contribution in [0, 0.1) is 29.6 Å². The maximum Gasteiger partial charge on any atom is 0.379 e. The maximum atomic E-state index is 13.5. The third kappa shape index (κ3) is 5.11. The van der Waals surface area contributed by atoms with Crippen LogP contribution >= 0.6 is 31.9 Å². The molecule has 39 heavy (non-hydrogen) atoms. The van der Waals surface area contributed by atoms with Crippen LogP contribution < -0.4 is 4.74 Å². The fourth-order valence-corrected chi connectivity index (χ4v) is 7.88. The Morgan fingerprint density at radius 2 is 1.62 bits per heavy atom. The monoisotopic (exact) mass is 663 g/mol. The summed E-state index contributed by atoms with van der Waals surface area (Å²) in [5.41, 5.74) is 0.243. The number of nitrogens with zero attached hydrogens (tertiary/aromatic N) is 1. The van der Waals surface area contributed by atoms with Crippen LogP contribution in [0.25, 0.3) is 0 Å². The second-order valence-electron chi connectivity index (χ2n) is 10.6. The number of benzene rings is 1. The Morgan fingerprint density at radius 3 is 2.15 bits per heavy atom. The van der Waals surface area contributed by atoms with Crippen molar-refractivity contribution in [1.29, 1.82) is 0 Å². The lowest BCUT2D eigenvalue weighted by atomic mass is 9.81. The van der Waals surface area contributed by atoms with Gasteiger partial charge >= 0.3 is 11.9 Å². The molecule has 0 spiro atoms. The van der Waals surface area contributed by atoms with Crippen molar-refractivity contribution >= 4 is 61.4 Å². The van der Waals surface area contributed by atoms with Gasteiger partial charge in [-0.3, -0.25) is 19.3 Å². The van der Waals surface area contributed by atoms with Crippen LogP contribution in [0.5, 0.6) is 5.75 Å². The standard InChI is InChI=1S/C28H27Br2NO8/c1-13(2)10-18(31-25(33)21-16-11-17(22(21)26(31)34)24(30)23(16)29)27(35)38-12-19(32)14-5-7-15(8-6-14)39-28(36)20-4-3-9-37-20/h3-9,13,16-18,21-24H,10-12H2,1-2H3. The zero-order valence-electron chi connectivity index (χ0n) is 21.3. The molecule has 3 aliphatic rings. The molecule has 2 amide bonds. The van der Waals surface area contributed by atoms with Gasteiger partial charge in [0, 0.05) is 15.2 Å². The van der Waals surface area contributed by atoms with E-state index >= 15 is 0 Å². The van der Waals surface area contributed by atoms with Crippen LogP contribution in [0.4, 0.5) is 0 Å². The third-order valence-corrected chi connectivity index (χ3v) is 11.0. The molecule has 9 nitrogen and oxygen atoms in total. The van der Waals surface area contributed by atoms with Crippen LogP contribution in [0.3, 0.4) is 0 Å². The smallest absolute Gasteiger partial charge is 0.379 e. The van der Waals surface area contributed by atoms with Crippen LogP contribution in [-0.4, -0.2) is 56.7 Å². The number of likely N-dealkylation sites (tertiary alicyclic amines) is 1. The fourth-order valence-electron chi connectivity index (χ4n) is 6.01. The SMILES string of the molecule is CC(C)CC(C(=O)OCC(=O)c1ccc(OC(=O)c2ccco2)cc1)N1C(=O)C2C3CC(C(Br)C3Br)C2C1=O. The van der Waals surface area contributed by atoms with Crippen molar-refractivity contribution in [3.05, 3.63) is 54.0 Å². The van der Waals surface area contributed by atoms with E-state index in [1.165, 1.54) is 36.6 Å². The second kappa shape index (κ2) is 11.0. The first-order valence-corrected chi connectivity index (χ1v) is 14.6. The zero-order valence-corrected chi connectivity index (χ0v) is 24.4. The molecule has 2 aliphatic carbocycles. The predicted octanol–water partition coefficient (Wildman–Crippen LogP) is 4.42. The summed E-state index contributed by atoms with van der Waals surface area (Å²) < 4.78 is 15.5. The average Bonchev–Trinajstić information content (AvgIpc) is 3.68. The largest absolute Gasteiger partial charge is 0.457 e. The fraction of sp³-hybridized carbons (Fsp3) is 0.464. The lowest BCUT2D eigenvalue weighted by Gasteiger charge is -2.28. The molecule has 3 fully saturated rings. The third-order valence-electron chi connectivity index (χ3n) is 7.75. The van der Waals surface area contributed by atoms with Crippen molar-refractivity contribution in [2.45, 2.75) is 42.4 Å². The van der Waals surface area contributed by atoms with Crippen LogP contribution in [0.2, 0.25) is 0 Å². The van der Waals surface area contributed by atoms with Crippen LogP contribution in [0.1, 0.15) is 47.6 Å². The summed E-state index contributed by atoms with van der Waals surface area (Å²) in [5, 5.41) is 0. The lowest BCUT2D eigenvalue weighted by molar-refractivity contribution is -0.159. The number of amides is 2. The first kappa shape index (κ1) is 27.8. The van der Waals surface area contributed by atoms with Crippen LogP contribution in [0.15, 0.2) is 47.1 Å². The Bertz CT molecular complexity index is 1260. The molecular formula is C28H27Br2NO8. The number of rotatable bonds is 9. The molecule has 0 N–H and O–H groups in total. The number of hydrogen-bond donors (Lipinski definition) is 0. The normalized spacial score (nSPS) is 28.1. The van der Waals surface area contributed by atoms with Gasteiger partial charge in [0.1, 0.15) is 11.8 Å². The van der Waals surface area contributed by atoms with E-state index in [9.17, 15) is 24.0 Å². The number of alkyl halides is 2. The van der Waals surface area contributed by atoms with E-state index in [0.717, 1.165) is 11.3 Å². The minimum absolute atomic E-state index is 0.000272. The molecule has 1 aliphatic heterocycles. The summed E-state index contributed by atoms with van der Waals surface area (Å²) in [5.74, 6) is -3.14. The number of esters is 2. The first-order valence-electron chi connectivity index (χ1n) is 12.8. The molecule has 7 unspecified atom stereocenters. The number of carbonyl (C=O) groups is 5. The number of Topliss-reactive ketones (excluding diaryl/α,β-unsaturated/α-hetero) is 1. The van der Waals surface area contributed by atoms with E-state index in [4.69, 9.17) is 13.9 Å². The highest BCUT2D eigenvalue weighted by atomic mass is 79.9. The van der Waals surface area contributed by atoms with Crippen molar-refractivity contribution in [3.8, 4) is 5.75 Å². The van der Waals surface area contributed by atoms with Crippen molar-refractivity contribution < 1.29 is 37.9 Å². The Morgan fingerprint density at radius 1 is 1.00 bits per heavy atom. The van der Waals surface area contributed by atoms with Gasteiger partial charge in [-0.25, -0.2) is 9.59 Å². The second-order valence-corrected chi connectivity index (χ2v) is 12.7. The summed E-state index contributed by atoms with van der Waals surface area (Å²) in [6, 6.07) is 7.73. The molecule has 0 radical (unpaired) electrons. The molecule has 2 aromatic rings. The number of ketones is 1. The average molecular weight is 665 g/mol. The Balaban J connectivity index is 1.23. The highest BCUT2D eigenvalue weighted by Crippen LogP contribution is 2.60. The quantitative estimate of drug-likeness (QED) is 0.127. The molecule has 1 aromatic heterocycles. The Hall–Kier alpha value is -2.79. The van der Waals surface area contributed by atoms with E-state index < -0.39 is 42.2 Å². The van der Waals surface area contributed by atoms with Gasteiger partial charge < -0.3 is 13.9 Å². The molecule has 2 saturated carbocycles. The van der Waals surface area contributed by atoms with E-state index in [0.29, 0.717) is 0 Å². The summed E-state index contributed by atoms with van der Waals surface area (Å²) in [6.45, 7) is 3.23. The summed E-state index contributed by atoms with van der Waals surface area (Å²) in [6.07, 6.45) is 2.39. The zero-order chi connectivity index (χ0) is 28.0. The van der Waals surface area contributed by atoms with Gasteiger partial charge in [0.05, 0.1) is 18.1 Å². The van der Waals surface area contributed by atoms with Gasteiger partial charge in [-0.1, -0.05) is 45.7 Å². The van der Waals surface area contributed by atoms with Crippen molar-refractivity contribution in [2.75, 3.05) is 6.61 Å². The summed E-state index contributed by atoms with van der Waals surface area (Å²) >= 11 is 7.34. The lowest BCUT2D eigenvalue weighted by Crippen LogP contribution is -2.48. The predicted molar refractivity (Wildman–Crippen MR) is 145 cm³/mol. The van der Waals surface area contributed by atoms with Crippen molar-refractivity contribution in [2.24, 2.45) is 29.6 Å². The minimum atomic E-state index is -1.09. The number of halogens is 2. The van der Waals surface area contributed by atoms with Gasteiger partial charge in [-0.15, -0.1) is 0 Å². The molecule has 2 bridgehead atoms. The number of carbonyl (C=O) groups excluding carboxylic acids is 5. The molecule has 1 saturated heterocycles. The first-order chi connectivity index (χ1) is 18.6. The number of fused-ring (bicyclic) bond motifs is 5. The minimum Gasteiger partial charge on any atom is -0.457 e. The highest BCUT2D eigenvalue weighted by Gasteiger charge is 2.67. The van der Waals surface area contributed by atoms with E-state index in [1.54, 1.807) is 6.07 Å². The molecule has 1 aromatic carbocycles. The van der Waals surface area contributed by atoms with Crippen LogP contribution in [-0.2, 0) is 19.1 Å². The Kier molecular flexibility index (Phi) is 7.83. The number of hydrogen-bond acceptors (Lipinski definition) is 8. The topological polar surface area (TPSA) is 120 Å². The highest BCUT2D eigenvalue weighted by molar-refractivity contribution is 9.12. The molecule has 206 valence electrons. The van der Waals surface area contributed by atoms with Gasteiger partial charge in [-0.2, -0.15) is 0 Å². The number of furan rings is 1. The summed E-state index contributed by atoms with van der Waals surface area (Å²) in [4.78, 5) is 66.2. The van der Waals surface area contributed by atoms with Crippen molar-refractivity contribution in [1.82, 2.24) is 4.90 Å². The molecular weight excluding hydrogens is 638 g/mol. The molecule has 5 rings (SSSR count). The van der Waals surface area contributed by atoms with E-state index in [-0.39, 0.29) is 62.7 Å². The van der Waals surface area contributed by atoms with Gasteiger partial charge in [0.2, 0.25) is 17.6 Å². The van der Waals surface area contributed by atoms with Gasteiger partial charge in [0.15, 0.2) is 12.4 Å². The number of ether oxygens (including phenoxy) is 2. The maximum absolute atomic E-state index is 13.5. The van der Waals surface area contributed by atoms with E-state index in [2.05, 4.69) is 31.9 Å². The van der Waals surface area contributed by atoms with E-state index in [1.807, 2.05) is 13.8 Å². The van der Waals surface area contributed by atoms with Gasteiger partial charge in [-0.05, 0) is 67.0 Å². The number of imide groups is 1. The summed E-state index contributed by atoms with van der Waals surface area (Å²) in [7, 11) is 0.